The summed E-state index contributed by atoms with van der Waals surface area (Å²) in [6.45, 7) is 5.17. The van der Waals surface area contributed by atoms with Crippen LogP contribution in [0.1, 0.15) is 13.8 Å². The molecular formula is C37H30O5. The van der Waals surface area contributed by atoms with Crippen molar-refractivity contribution >= 4 is 27.7 Å². The molecule has 0 heterocycles. The van der Waals surface area contributed by atoms with Crippen LogP contribution in [0.4, 0.5) is 4.79 Å². The first kappa shape index (κ1) is 26.9. The van der Waals surface area contributed by atoms with Gasteiger partial charge in [0.2, 0.25) is 0 Å². The molecule has 0 bridgehead atoms. The molecule has 0 spiro atoms. The van der Waals surface area contributed by atoms with Crippen LogP contribution >= 0.6 is 0 Å². The molecule has 0 unspecified atom stereocenters. The van der Waals surface area contributed by atoms with Crippen molar-refractivity contribution in [2.75, 3.05) is 13.2 Å². The van der Waals surface area contributed by atoms with Gasteiger partial charge in [0.25, 0.3) is 0 Å². The van der Waals surface area contributed by atoms with Gasteiger partial charge in [0.1, 0.15) is 23.0 Å². The van der Waals surface area contributed by atoms with Crippen LogP contribution in [0.3, 0.4) is 0 Å². The van der Waals surface area contributed by atoms with Crippen molar-refractivity contribution in [1.82, 2.24) is 0 Å². The molecular weight excluding hydrogens is 524 g/mol. The topological polar surface area (TPSA) is 54.0 Å². The zero-order valence-corrected chi connectivity index (χ0v) is 23.5. The SMILES string of the molecule is CCOc1ccc(-c2ccc(OC(=O)Oc3ccc(-c4ccc(OCC)c5ccccc45)cc3)cc2)c2ccccc12. The summed E-state index contributed by atoms with van der Waals surface area (Å²) in [5.41, 5.74) is 4.16. The number of benzene rings is 6. The van der Waals surface area contributed by atoms with E-state index in [0.717, 1.165) is 55.3 Å². The van der Waals surface area contributed by atoms with E-state index in [1.165, 1.54) is 0 Å². The molecule has 208 valence electrons. The number of hydrogen-bond donors (Lipinski definition) is 0. The molecule has 0 radical (unpaired) electrons. The Morgan fingerprint density at radius 1 is 0.476 bits per heavy atom. The van der Waals surface area contributed by atoms with Gasteiger partial charge >= 0.3 is 6.16 Å². The molecule has 6 aromatic rings. The second kappa shape index (κ2) is 12.1. The van der Waals surface area contributed by atoms with Crippen LogP contribution in [-0.4, -0.2) is 19.4 Å². The zero-order chi connectivity index (χ0) is 28.9. The van der Waals surface area contributed by atoms with Crippen LogP contribution in [0.25, 0.3) is 43.8 Å². The lowest BCUT2D eigenvalue weighted by molar-refractivity contribution is 0.152. The molecule has 0 aliphatic carbocycles. The molecule has 0 aromatic heterocycles. The molecule has 0 saturated heterocycles. The van der Waals surface area contributed by atoms with E-state index >= 15 is 0 Å². The van der Waals surface area contributed by atoms with E-state index in [0.29, 0.717) is 24.7 Å². The second-order valence-corrected chi connectivity index (χ2v) is 9.68. The third-order valence-electron chi connectivity index (χ3n) is 7.10. The number of carbonyl (C=O) groups excluding carboxylic acids is 1. The summed E-state index contributed by atoms with van der Waals surface area (Å²) < 4.78 is 22.5. The highest BCUT2D eigenvalue weighted by atomic mass is 16.7. The maximum Gasteiger partial charge on any atom is 0.519 e. The van der Waals surface area contributed by atoms with E-state index < -0.39 is 6.16 Å². The van der Waals surface area contributed by atoms with Crippen molar-refractivity contribution in [2.45, 2.75) is 13.8 Å². The second-order valence-electron chi connectivity index (χ2n) is 9.68. The molecule has 0 amide bonds. The van der Waals surface area contributed by atoms with E-state index in [1.54, 1.807) is 24.3 Å². The largest absolute Gasteiger partial charge is 0.519 e. The Hall–Kier alpha value is -5.29. The molecule has 0 atom stereocenters. The van der Waals surface area contributed by atoms with Gasteiger partial charge in [-0.25, -0.2) is 4.79 Å². The fraction of sp³-hybridized carbons (Fsp3) is 0.108. The highest BCUT2D eigenvalue weighted by Crippen LogP contribution is 2.36. The summed E-state index contributed by atoms with van der Waals surface area (Å²) in [6, 6.07) is 39.2. The first-order valence-corrected chi connectivity index (χ1v) is 14.0. The zero-order valence-electron chi connectivity index (χ0n) is 23.5. The summed E-state index contributed by atoms with van der Waals surface area (Å²) in [4.78, 5) is 12.6. The molecule has 0 saturated carbocycles. The Morgan fingerprint density at radius 2 is 0.857 bits per heavy atom. The van der Waals surface area contributed by atoms with Crippen LogP contribution in [0.15, 0.2) is 121 Å². The maximum absolute atomic E-state index is 12.6. The lowest BCUT2D eigenvalue weighted by Crippen LogP contribution is -2.13. The molecule has 0 N–H and O–H groups in total. The van der Waals surface area contributed by atoms with E-state index in [4.69, 9.17) is 18.9 Å². The number of hydrogen-bond acceptors (Lipinski definition) is 5. The predicted molar refractivity (Wildman–Crippen MR) is 168 cm³/mol. The number of ether oxygens (including phenoxy) is 4. The molecule has 6 rings (SSSR count). The third-order valence-corrected chi connectivity index (χ3v) is 7.10. The Kier molecular flexibility index (Phi) is 7.73. The van der Waals surface area contributed by atoms with Crippen LogP contribution in [-0.2, 0) is 0 Å². The van der Waals surface area contributed by atoms with E-state index in [9.17, 15) is 4.79 Å². The van der Waals surface area contributed by atoms with Gasteiger partial charge in [0.15, 0.2) is 0 Å². The molecule has 6 aromatic carbocycles. The van der Waals surface area contributed by atoms with Crippen LogP contribution in [0, 0.1) is 0 Å². The van der Waals surface area contributed by atoms with Gasteiger partial charge in [-0.15, -0.1) is 0 Å². The predicted octanol–water partition coefficient (Wildman–Crippen LogP) is 9.70. The Labute approximate surface area is 244 Å². The lowest BCUT2D eigenvalue weighted by atomic mass is 9.97. The molecule has 0 aliphatic rings. The Balaban J connectivity index is 1.15. The molecule has 0 fully saturated rings. The fourth-order valence-electron chi connectivity index (χ4n) is 5.23. The standard InChI is InChI=1S/C37H30O5/c1-3-39-35-23-21-29(31-9-5-7-11-33(31)35)25-13-17-27(18-14-25)41-37(38)42-28-19-15-26(16-20-28)30-22-24-36(40-4-2)34-12-8-6-10-32(30)34/h5-24H,3-4H2,1-2H3. The van der Waals surface area contributed by atoms with Crippen LogP contribution in [0.5, 0.6) is 23.0 Å². The van der Waals surface area contributed by atoms with E-state index in [1.807, 2.05) is 74.5 Å². The van der Waals surface area contributed by atoms with E-state index in [2.05, 4.69) is 36.4 Å². The molecule has 0 aliphatic heterocycles. The van der Waals surface area contributed by atoms with Crippen LogP contribution in [0.2, 0.25) is 0 Å². The number of rotatable bonds is 8. The van der Waals surface area contributed by atoms with Crippen molar-refractivity contribution < 1.29 is 23.7 Å². The Bertz CT molecular complexity index is 1720. The van der Waals surface area contributed by atoms with Gasteiger partial charge in [-0.1, -0.05) is 84.9 Å². The maximum atomic E-state index is 12.6. The minimum Gasteiger partial charge on any atom is -0.493 e. The first-order chi connectivity index (χ1) is 20.6. The average Bonchev–Trinajstić information content (AvgIpc) is 3.03. The summed E-state index contributed by atoms with van der Waals surface area (Å²) in [7, 11) is 0. The van der Waals surface area contributed by atoms with Crippen molar-refractivity contribution in [1.29, 1.82) is 0 Å². The van der Waals surface area contributed by atoms with Crippen LogP contribution < -0.4 is 18.9 Å². The highest BCUT2D eigenvalue weighted by molar-refractivity contribution is 6.01. The van der Waals surface area contributed by atoms with Gasteiger partial charge in [-0.3, -0.25) is 0 Å². The van der Waals surface area contributed by atoms with Crippen molar-refractivity contribution in [2.24, 2.45) is 0 Å². The monoisotopic (exact) mass is 554 g/mol. The van der Waals surface area contributed by atoms with Gasteiger partial charge in [0, 0.05) is 10.8 Å². The van der Waals surface area contributed by atoms with Gasteiger partial charge in [0.05, 0.1) is 13.2 Å². The molecule has 42 heavy (non-hydrogen) atoms. The Morgan fingerprint density at radius 3 is 1.24 bits per heavy atom. The van der Waals surface area contributed by atoms with Crippen molar-refractivity contribution in [3.8, 4) is 45.3 Å². The summed E-state index contributed by atoms with van der Waals surface area (Å²) in [5.74, 6) is 2.52. The molecule has 5 heteroatoms. The number of carbonyl (C=O) groups is 1. The minimum atomic E-state index is -0.798. The smallest absolute Gasteiger partial charge is 0.493 e. The van der Waals surface area contributed by atoms with Gasteiger partial charge in [-0.05, 0) is 83.3 Å². The van der Waals surface area contributed by atoms with Crippen molar-refractivity contribution in [3.05, 3.63) is 121 Å². The first-order valence-electron chi connectivity index (χ1n) is 14.0. The summed E-state index contributed by atoms with van der Waals surface area (Å²) in [6.07, 6.45) is -0.798. The van der Waals surface area contributed by atoms with Gasteiger partial charge in [-0.2, -0.15) is 0 Å². The van der Waals surface area contributed by atoms with E-state index in [-0.39, 0.29) is 0 Å². The third kappa shape index (κ3) is 5.50. The van der Waals surface area contributed by atoms with Crippen molar-refractivity contribution in [3.63, 3.8) is 0 Å². The normalized spacial score (nSPS) is 10.9. The highest BCUT2D eigenvalue weighted by Gasteiger charge is 2.13. The summed E-state index contributed by atoms with van der Waals surface area (Å²) in [5, 5.41) is 4.31. The minimum absolute atomic E-state index is 0.400. The van der Waals surface area contributed by atoms with Gasteiger partial charge < -0.3 is 18.9 Å². The molecule has 5 nitrogen and oxygen atoms in total. The quantitative estimate of drug-likeness (QED) is 0.138. The average molecular weight is 555 g/mol. The fourth-order valence-corrected chi connectivity index (χ4v) is 5.23. The lowest BCUT2D eigenvalue weighted by Gasteiger charge is -2.13. The summed E-state index contributed by atoms with van der Waals surface area (Å²) >= 11 is 0. The number of fused-ring (bicyclic) bond motifs is 2.